The Hall–Kier alpha value is -1.37. The van der Waals surface area contributed by atoms with Crippen molar-refractivity contribution in [3.8, 4) is 0 Å². The van der Waals surface area contributed by atoms with Gasteiger partial charge in [-0.25, -0.2) is 0 Å². The highest BCUT2D eigenvalue weighted by atomic mass is 32.2. The number of amides is 1. The maximum absolute atomic E-state index is 12.1. The van der Waals surface area contributed by atoms with Crippen LogP contribution in [-0.4, -0.2) is 44.0 Å². The molecule has 1 saturated heterocycles. The van der Waals surface area contributed by atoms with Gasteiger partial charge in [0.05, 0.1) is 11.4 Å². The molecule has 2 unspecified atom stereocenters. The summed E-state index contributed by atoms with van der Waals surface area (Å²) >= 11 is 0. The van der Waals surface area contributed by atoms with Crippen molar-refractivity contribution in [2.75, 3.05) is 28.3 Å². The zero-order valence-electron chi connectivity index (χ0n) is 10.5. The molecule has 6 nitrogen and oxygen atoms in total. The molecule has 1 aromatic heterocycles. The zero-order valence-corrected chi connectivity index (χ0v) is 11.3. The number of fused-ring (bicyclic) bond motifs is 3. The number of hydrogen-bond acceptors (Lipinski definition) is 4. The van der Waals surface area contributed by atoms with Gasteiger partial charge >= 0.3 is 0 Å². The van der Waals surface area contributed by atoms with Crippen LogP contribution in [-0.2, 0) is 29.1 Å². The van der Waals surface area contributed by atoms with Gasteiger partial charge in [-0.2, -0.15) is 5.10 Å². The molecule has 3 heterocycles. The Morgan fingerprint density at radius 1 is 1.56 bits per heavy atom. The van der Waals surface area contributed by atoms with Gasteiger partial charge in [0, 0.05) is 30.1 Å². The molecule has 0 aromatic carbocycles. The fraction of sp³-hybridized carbons (Fsp3) is 0.636. The molecule has 0 saturated carbocycles. The first-order chi connectivity index (χ1) is 8.61. The molecule has 0 spiro atoms. The van der Waals surface area contributed by atoms with E-state index in [0.717, 1.165) is 23.6 Å². The molecule has 2 aliphatic heterocycles. The summed E-state index contributed by atoms with van der Waals surface area (Å²) in [6.07, 6.45) is 0.786. The van der Waals surface area contributed by atoms with Crippen LogP contribution in [0.4, 0.5) is 11.5 Å². The number of aryl methyl sites for hydroxylation is 2. The SMILES string of the molecule is CCc1nn(C)c2c1NC(=O)C1CS(=O)CCN21. The monoisotopic (exact) mass is 268 g/mol. The van der Waals surface area contributed by atoms with Crippen molar-refractivity contribution >= 4 is 28.2 Å². The van der Waals surface area contributed by atoms with Gasteiger partial charge in [-0.15, -0.1) is 0 Å². The van der Waals surface area contributed by atoms with Gasteiger partial charge in [-0.3, -0.25) is 13.7 Å². The van der Waals surface area contributed by atoms with Crippen LogP contribution >= 0.6 is 0 Å². The Bertz CT molecular complexity index is 539. The number of hydrogen-bond donors (Lipinski definition) is 1. The largest absolute Gasteiger partial charge is 0.341 e. The minimum atomic E-state index is -0.890. The van der Waals surface area contributed by atoms with Crippen LogP contribution in [0.25, 0.3) is 0 Å². The van der Waals surface area contributed by atoms with E-state index in [2.05, 4.69) is 10.4 Å². The second kappa shape index (κ2) is 4.08. The number of nitrogens with zero attached hydrogens (tertiary/aromatic N) is 3. The quantitative estimate of drug-likeness (QED) is 0.770. The maximum Gasteiger partial charge on any atom is 0.248 e. The van der Waals surface area contributed by atoms with Crippen LogP contribution in [0.3, 0.4) is 0 Å². The molecule has 2 atom stereocenters. The third-order valence-electron chi connectivity index (χ3n) is 3.53. The fourth-order valence-corrected chi connectivity index (χ4v) is 3.91. The third-order valence-corrected chi connectivity index (χ3v) is 4.85. The first kappa shape index (κ1) is 11.7. The molecule has 1 N–H and O–H groups in total. The Kier molecular flexibility index (Phi) is 2.65. The van der Waals surface area contributed by atoms with Crippen molar-refractivity contribution in [2.45, 2.75) is 19.4 Å². The number of anilines is 2. The van der Waals surface area contributed by atoms with Gasteiger partial charge in [0.15, 0.2) is 5.82 Å². The van der Waals surface area contributed by atoms with Crippen molar-refractivity contribution in [2.24, 2.45) is 7.05 Å². The van der Waals surface area contributed by atoms with E-state index in [1.807, 2.05) is 23.6 Å². The lowest BCUT2D eigenvalue weighted by Gasteiger charge is -2.39. The summed E-state index contributed by atoms with van der Waals surface area (Å²) in [5.74, 6) is 1.93. The zero-order chi connectivity index (χ0) is 12.9. The van der Waals surface area contributed by atoms with Gasteiger partial charge in [0.2, 0.25) is 5.91 Å². The minimum absolute atomic E-state index is 0.0572. The fourth-order valence-electron chi connectivity index (χ4n) is 2.66. The minimum Gasteiger partial charge on any atom is -0.341 e. The average Bonchev–Trinajstić information content (AvgIpc) is 2.66. The Balaban J connectivity index is 2.09. The van der Waals surface area contributed by atoms with E-state index in [9.17, 15) is 9.00 Å². The molecular weight excluding hydrogens is 252 g/mol. The Morgan fingerprint density at radius 2 is 2.33 bits per heavy atom. The summed E-state index contributed by atoms with van der Waals surface area (Å²) < 4.78 is 13.4. The molecule has 1 amide bonds. The summed E-state index contributed by atoms with van der Waals surface area (Å²) in [7, 11) is 0.997. The van der Waals surface area contributed by atoms with Crippen LogP contribution in [0.1, 0.15) is 12.6 Å². The lowest BCUT2D eigenvalue weighted by molar-refractivity contribution is -0.117. The summed E-state index contributed by atoms with van der Waals surface area (Å²) in [4.78, 5) is 14.1. The van der Waals surface area contributed by atoms with Crippen LogP contribution in [0.5, 0.6) is 0 Å². The van der Waals surface area contributed by atoms with Crippen LogP contribution in [0.15, 0.2) is 0 Å². The predicted octanol–water partition coefficient (Wildman–Crippen LogP) is -0.128. The molecule has 98 valence electrons. The smallest absolute Gasteiger partial charge is 0.248 e. The van der Waals surface area contributed by atoms with Crippen molar-refractivity contribution in [3.63, 3.8) is 0 Å². The maximum atomic E-state index is 12.1. The highest BCUT2D eigenvalue weighted by Crippen LogP contribution is 2.36. The van der Waals surface area contributed by atoms with Gasteiger partial charge in [-0.1, -0.05) is 6.92 Å². The predicted molar refractivity (Wildman–Crippen MR) is 70.2 cm³/mol. The molecule has 3 rings (SSSR count). The second-order valence-electron chi connectivity index (χ2n) is 4.63. The van der Waals surface area contributed by atoms with E-state index in [-0.39, 0.29) is 11.9 Å². The van der Waals surface area contributed by atoms with E-state index < -0.39 is 10.8 Å². The number of carbonyl (C=O) groups excluding carboxylic acids is 1. The summed E-state index contributed by atoms with van der Waals surface area (Å²) in [6, 6.07) is -0.313. The molecule has 0 aliphatic carbocycles. The van der Waals surface area contributed by atoms with Gasteiger partial charge in [0.1, 0.15) is 11.7 Å². The molecule has 7 heteroatoms. The lowest BCUT2D eigenvalue weighted by Crippen LogP contribution is -2.56. The van der Waals surface area contributed by atoms with Crippen molar-refractivity contribution in [3.05, 3.63) is 5.69 Å². The van der Waals surface area contributed by atoms with E-state index in [1.165, 1.54) is 0 Å². The Labute approximate surface area is 108 Å². The number of rotatable bonds is 1. The van der Waals surface area contributed by atoms with Crippen molar-refractivity contribution < 1.29 is 9.00 Å². The van der Waals surface area contributed by atoms with Gasteiger partial charge < -0.3 is 10.2 Å². The first-order valence-electron chi connectivity index (χ1n) is 6.10. The topological polar surface area (TPSA) is 67.2 Å². The number of nitrogens with one attached hydrogen (secondary N) is 1. The van der Waals surface area contributed by atoms with Crippen LogP contribution in [0.2, 0.25) is 0 Å². The van der Waals surface area contributed by atoms with Crippen molar-refractivity contribution in [1.29, 1.82) is 0 Å². The molecule has 1 aromatic rings. The van der Waals surface area contributed by atoms with E-state index >= 15 is 0 Å². The highest BCUT2D eigenvalue weighted by molar-refractivity contribution is 7.85. The highest BCUT2D eigenvalue weighted by Gasteiger charge is 2.40. The van der Waals surface area contributed by atoms with E-state index in [4.69, 9.17) is 0 Å². The lowest BCUT2D eigenvalue weighted by atomic mass is 10.1. The number of carbonyl (C=O) groups is 1. The molecule has 18 heavy (non-hydrogen) atoms. The Morgan fingerprint density at radius 3 is 3.06 bits per heavy atom. The summed E-state index contributed by atoms with van der Waals surface area (Å²) in [6.45, 7) is 2.67. The second-order valence-corrected chi connectivity index (χ2v) is 6.25. The molecule has 0 bridgehead atoms. The summed E-state index contributed by atoms with van der Waals surface area (Å²) in [5.41, 5.74) is 1.74. The van der Waals surface area contributed by atoms with Gasteiger partial charge in [0.25, 0.3) is 0 Å². The van der Waals surface area contributed by atoms with Gasteiger partial charge in [-0.05, 0) is 6.42 Å². The standard InChI is InChI=1S/C11H16N4O2S/c1-3-7-9-11(14(2)13-7)15-4-5-18(17)6-8(15)10(16)12-9/h8H,3-6H2,1-2H3,(H,12,16). The first-order valence-corrected chi connectivity index (χ1v) is 7.59. The van der Waals surface area contributed by atoms with E-state index in [0.29, 0.717) is 18.1 Å². The average molecular weight is 268 g/mol. The number of aromatic nitrogens is 2. The third kappa shape index (κ3) is 1.57. The van der Waals surface area contributed by atoms with Crippen LogP contribution in [0, 0.1) is 0 Å². The van der Waals surface area contributed by atoms with E-state index in [1.54, 1.807) is 0 Å². The normalized spacial score (nSPS) is 26.6. The molecular formula is C11H16N4O2S. The van der Waals surface area contributed by atoms with Crippen LogP contribution < -0.4 is 10.2 Å². The molecule has 2 aliphatic rings. The molecule has 0 radical (unpaired) electrons. The summed E-state index contributed by atoms with van der Waals surface area (Å²) in [5, 5.41) is 7.36. The molecule has 1 fully saturated rings. The van der Waals surface area contributed by atoms with Crippen molar-refractivity contribution in [1.82, 2.24) is 9.78 Å².